The zero-order valence-corrected chi connectivity index (χ0v) is 6.71. The van der Waals surface area contributed by atoms with Gasteiger partial charge in [0.15, 0.2) is 5.78 Å². The van der Waals surface area contributed by atoms with E-state index in [1.54, 1.807) is 0 Å². The molecule has 4 nitrogen and oxygen atoms in total. The van der Waals surface area contributed by atoms with Gasteiger partial charge in [0.1, 0.15) is 5.82 Å². The second-order valence-corrected chi connectivity index (χ2v) is 3.27. The summed E-state index contributed by atoms with van der Waals surface area (Å²) in [6.07, 6.45) is 4.50. The number of carbonyl (C=O) groups is 1. The van der Waals surface area contributed by atoms with Gasteiger partial charge in [0, 0.05) is 6.42 Å². The SMILES string of the molecule is Nc1[nH]ncc1C(=O)CC1CC1. The Morgan fingerprint density at radius 1 is 1.75 bits per heavy atom. The second kappa shape index (κ2) is 2.62. The minimum atomic E-state index is 0.115. The van der Waals surface area contributed by atoms with Crippen molar-refractivity contribution in [3.05, 3.63) is 11.8 Å². The Bertz CT molecular complexity index is 301. The topological polar surface area (TPSA) is 71.8 Å². The third kappa shape index (κ3) is 1.32. The van der Waals surface area contributed by atoms with Gasteiger partial charge in [0.2, 0.25) is 0 Å². The van der Waals surface area contributed by atoms with Crippen LogP contribution >= 0.6 is 0 Å². The Morgan fingerprint density at radius 3 is 3.00 bits per heavy atom. The van der Waals surface area contributed by atoms with E-state index in [-0.39, 0.29) is 5.78 Å². The molecule has 0 aliphatic heterocycles. The summed E-state index contributed by atoms with van der Waals surface area (Å²) in [5, 5.41) is 6.25. The van der Waals surface area contributed by atoms with Crippen molar-refractivity contribution in [2.24, 2.45) is 5.92 Å². The fourth-order valence-corrected chi connectivity index (χ4v) is 1.21. The van der Waals surface area contributed by atoms with E-state index in [0.717, 1.165) is 0 Å². The number of carbonyl (C=O) groups excluding carboxylic acids is 1. The maximum absolute atomic E-state index is 11.4. The van der Waals surface area contributed by atoms with Crippen molar-refractivity contribution in [3.8, 4) is 0 Å². The van der Waals surface area contributed by atoms with Gasteiger partial charge in [-0.15, -0.1) is 0 Å². The molecule has 12 heavy (non-hydrogen) atoms. The smallest absolute Gasteiger partial charge is 0.168 e. The molecule has 4 heteroatoms. The van der Waals surface area contributed by atoms with Gasteiger partial charge in [-0.1, -0.05) is 0 Å². The Balaban J connectivity index is 2.07. The van der Waals surface area contributed by atoms with Gasteiger partial charge < -0.3 is 5.73 Å². The molecule has 1 aliphatic carbocycles. The number of aromatic amines is 1. The Kier molecular flexibility index (Phi) is 1.60. The Hall–Kier alpha value is -1.32. The van der Waals surface area contributed by atoms with E-state index in [0.29, 0.717) is 23.7 Å². The van der Waals surface area contributed by atoms with Gasteiger partial charge in [-0.2, -0.15) is 5.10 Å². The predicted molar refractivity (Wildman–Crippen MR) is 44.7 cm³/mol. The van der Waals surface area contributed by atoms with Gasteiger partial charge in [-0.3, -0.25) is 9.89 Å². The molecule has 0 unspecified atom stereocenters. The number of aromatic nitrogens is 2. The van der Waals surface area contributed by atoms with E-state index < -0.39 is 0 Å². The summed E-state index contributed by atoms with van der Waals surface area (Å²) >= 11 is 0. The highest BCUT2D eigenvalue weighted by Gasteiger charge is 2.26. The number of nitrogens with two attached hydrogens (primary N) is 1. The van der Waals surface area contributed by atoms with Crippen LogP contribution in [-0.4, -0.2) is 16.0 Å². The highest BCUT2D eigenvalue weighted by molar-refractivity contribution is 5.99. The summed E-state index contributed by atoms with van der Waals surface area (Å²) in [4.78, 5) is 11.4. The maximum atomic E-state index is 11.4. The van der Waals surface area contributed by atoms with Gasteiger partial charge in [-0.25, -0.2) is 0 Å². The normalized spacial score (nSPS) is 16.3. The van der Waals surface area contributed by atoms with E-state index in [2.05, 4.69) is 10.2 Å². The van der Waals surface area contributed by atoms with Gasteiger partial charge in [-0.05, 0) is 18.8 Å². The Morgan fingerprint density at radius 2 is 2.50 bits per heavy atom. The van der Waals surface area contributed by atoms with Crippen LogP contribution in [-0.2, 0) is 0 Å². The highest BCUT2D eigenvalue weighted by atomic mass is 16.1. The average Bonchev–Trinajstić information content (AvgIpc) is 2.72. The van der Waals surface area contributed by atoms with Crippen LogP contribution in [0.3, 0.4) is 0 Å². The summed E-state index contributed by atoms with van der Waals surface area (Å²) in [7, 11) is 0. The van der Waals surface area contributed by atoms with Crippen LogP contribution in [0.25, 0.3) is 0 Å². The molecule has 1 aliphatic rings. The number of H-pyrrole nitrogens is 1. The number of nitrogens with zero attached hydrogens (tertiary/aromatic N) is 1. The highest BCUT2D eigenvalue weighted by Crippen LogP contribution is 2.33. The fourth-order valence-electron chi connectivity index (χ4n) is 1.21. The molecular formula is C8H11N3O. The van der Waals surface area contributed by atoms with Crippen LogP contribution in [0.1, 0.15) is 29.6 Å². The predicted octanol–water partition coefficient (Wildman–Crippen LogP) is 0.975. The largest absolute Gasteiger partial charge is 0.383 e. The minimum absolute atomic E-state index is 0.115. The molecule has 0 aromatic carbocycles. The lowest BCUT2D eigenvalue weighted by Gasteiger charge is -1.95. The van der Waals surface area contributed by atoms with Gasteiger partial charge in [0.25, 0.3) is 0 Å². The molecule has 0 amide bonds. The molecule has 1 aromatic heterocycles. The van der Waals surface area contributed by atoms with Crippen LogP contribution in [0.15, 0.2) is 6.20 Å². The van der Waals surface area contributed by atoms with Crippen LogP contribution in [0, 0.1) is 5.92 Å². The zero-order chi connectivity index (χ0) is 8.55. The lowest BCUT2D eigenvalue weighted by Crippen LogP contribution is -2.02. The average molecular weight is 165 g/mol. The molecule has 0 atom stereocenters. The van der Waals surface area contributed by atoms with Crippen molar-refractivity contribution in [1.29, 1.82) is 0 Å². The third-order valence-electron chi connectivity index (χ3n) is 2.14. The number of hydrogen-bond acceptors (Lipinski definition) is 3. The molecule has 2 rings (SSSR count). The maximum Gasteiger partial charge on any atom is 0.168 e. The van der Waals surface area contributed by atoms with Crippen molar-refractivity contribution >= 4 is 11.6 Å². The molecule has 0 spiro atoms. The zero-order valence-electron chi connectivity index (χ0n) is 6.71. The lowest BCUT2D eigenvalue weighted by atomic mass is 10.1. The number of Topliss-reactive ketones (excluding diaryl/α,β-unsaturated/α-hetero) is 1. The molecular weight excluding hydrogens is 154 g/mol. The molecule has 0 saturated heterocycles. The fraction of sp³-hybridized carbons (Fsp3) is 0.500. The summed E-state index contributed by atoms with van der Waals surface area (Å²) < 4.78 is 0. The summed E-state index contributed by atoms with van der Waals surface area (Å²) in [5.41, 5.74) is 6.04. The van der Waals surface area contributed by atoms with Gasteiger partial charge >= 0.3 is 0 Å². The van der Waals surface area contributed by atoms with E-state index in [1.807, 2.05) is 0 Å². The first-order valence-electron chi connectivity index (χ1n) is 4.09. The number of nitrogens with one attached hydrogen (secondary N) is 1. The van der Waals surface area contributed by atoms with Crippen molar-refractivity contribution < 1.29 is 4.79 Å². The van der Waals surface area contributed by atoms with E-state index >= 15 is 0 Å². The first-order chi connectivity index (χ1) is 5.77. The molecule has 1 saturated carbocycles. The quantitative estimate of drug-likeness (QED) is 0.655. The number of nitrogen functional groups attached to an aromatic ring is 1. The van der Waals surface area contributed by atoms with Crippen molar-refractivity contribution in [2.45, 2.75) is 19.3 Å². The second-order valence-electron chi connectivity index (χ2n) is 3.27. The van der Waals surface area contributed by atoms with Crippen molar-refractivity contribution in [2.75, 3.05) is 5.73 Å². The van der Waals surface area contributed by atoms with Crippen LogP contribution < -0.4 is 5.73 Å². The molecule has 1 fully saturated rings. The molecule has 0 bridgehead atoms. The van der Waals surface area contributed by atoms with Gasteiger partial charge in [0.05, 0.1) is 11.8 Å². The standard InChI is InChI=1S/C8H11N3O/c9-8-6(4-10-11-8)7(12)3-5-1-2-5/h4-5H,1-3H2,(H3,9,10,11). The summed E-state index contributed by atoms with van der Waals surface area (Å²) in [6, 6.07) is 0. The number of ketones is 1. The first kappa shape index (κ1) is 7.34. The molecule has 64 valence electrons. The minimum Gasteiger partial charge on any atom is -0.383 e. The molecule has 0 radical (unpaired) electrons. The molecule has 3 N–H and O–H groups in total. The lowest BCUT2D eigenvalue weighted by molar-refractivity contribution is 0.0977. The van der Waals surface area contributed by atoms with Crippen molar-refractivity contribution in [1.82, 2.24) is 10.2 Å². The third-order valence-corrected chi connectivity index (χ3v) is 2.14. The molecule has 1 aromatic rings. The molecule has 1 heterocycles. The van der Waals surface area contributed by atoms with Crippen LogP contribution in [0.2, 0.25) is 0 Å². The van der Waals surface area contributed by atoms with E-state index in [9.17, 15) is 4.79 Å². The number of hydrogen-bond donors (Lipinski definition) is 2. The van der Waals surface area contributed by atoms with E-state index in [1.165, 1.54) is 19.0 Å². The first-order valence-corrected chi connectivity index (χ1v) is 4.09. The summed E-state index contributed by atoms with van der Waals surface area (Å²) in [5.74, 6) is 1.11. The monoisotopic (exact) mass is 165 g/mol. The van der Waals surface area contributed by atoms with E-state index in [4.69, 9.17) is 5.73 Å². The van der Waals surface area contributed by atoms with Crippen LogP contribution in [0.5, 0.6) is 0 Å². The number of anilines is 1. The van der Waals surface area contributed by atoms with Crippen LogP contribution in [0.4, 0.5) is 5.82 Å². The summed E-state index contributed by atoms with van der Waals surface area (Å²) in [6.45, 7) is 0. The van der Waals surface area contributed by atoms with Crippen molar-refractivity contribution in [3.63, 3.8) is 0 Å². The number of rotatable bonds is 3. The Labute approximate surface area is 70.1 Å².